The predicted octanol–water partition coefficient (Wildman–Crippen LogP) is 0.970. The van der Waals surface area contributed by atoms with Crippen LogP contribution in [0.1, 0.15) is 5.56 Å². The van der Waals surface area contributed by atoms with Crippen LogP contribution in [0.25, 0.3) is 0 Å². The van der Waals surface area contributed by atoms with E-state index < -0.39 is 5.25 Å². The molecule has 1 aliphatic heterocycles. The van der Waals surface area contributed by atoms with Crippen LogP contribution in [-0.4, -0.2) is 61.5 Å². The van der Waals surface area contributed by atoms with Crippen molar-refractivity contribution in [3.8, 4) is 6.07 Å². The third-order valence-corrected chi connectivity index (χ3v) is 4.95. The van der Waals surface area contributed by atoms with Crippen LogP contribution in [-0.2, 0) is 15.3 Å². The highest BCUT2D eigenvalue weighted by atomic mass is 32.2. The molecular formula is C17H22N4O3S. The summed E-state index contributed by atoms with van der Waals surface area (Å²) < 4.78 is 5.23. The van der Waals surface area contributed by atoms with Gasteiger partial charge in [0.25, 0.3) is 0 Å². The molecule has 25 heavy (non-hydrogen) atoms. The summed E-state index contributed by atoms with van der Waals surface area (Å²) in [5.41, 5.74) is 1.10. The molecule has 1 heterocycles. The van der Waals surface area contributed by atoms with Gasteiger partial charge in [0, 0.05) is 25.4 Å². The van der Waals surface area contributed by atoms with Gasteiger partial charge in [0.1, 0.15) is 11.8 Å². The van der Waals surface area contributed by atoms with E-state index in [0.29, 0.717) is 32.1 Å². The summed E-state index contributed by atoms with van der Waals surface area (Å²) in [4.78, 5) is 26.1. The fraction of sp³-hybridized carbons (Fsp3) is 0.471. The third kappa shape index (κ3) is 6.64. The molecule has 8 heteroatoms. The molecule has 0 radical (unpaired) electrons. The van der Waals surface area contributed by atoms with E-state index in [0.717, 1.165) is 5.56 Å². The number of benzene rings is 1. The number of carbonyl (C=O) groups excluding carboxylic acids is 2. The zero-order valence-corrected chi connectivity index (χ0v) is 14.8. The molecule has 0 aliphatic carbocycles. The number of nitrogens with zero attached hydrogens (tertiary/aromatic N) is 2. The van der Waals surface area contributed by atoms with Crippen LogP contribution >= 0.6 is 11.8 Å². The monoisotopic (exact) mass is 362 g/mol. The highest BCUT2D eigenvalue weighted by Crippen LogP contribution is 2.18. The minimum absolute atomic E-state index is 0.0430. The second kappa shape index (κ2) is 10.6. The van der Waals surface area contributed by atoms with Gasteiger partial charge in [-0.15, -0.1) is 11.8 Å². The lowest BCUT2D eigenvalue weighted by Crippen LogP contribution is -2.49. The molecule has 0 saturated carbocycles. The second-order valence-electron chi connectivity index (χ2n) is 5.45. The lowest BCUT2D eigenvalue weighted by molar-refractivity contribution is -0.120. The van der Waals surface area contributed by atoms with Gasteiger partial charge in [-0.3, -0.25) is 4.79 Å². The van der Waals surface area contributed by atoms with E-state index in [-0.39, 0.29) is 25.0 Å². The van der Waals surface area contributed by atoms with Gasteiger partial charge in [0.2, 0.25) is 5.91 Å². The Balaban J connectivity index is 1.87. The highest BCUT2D eigenvalue weighted by molar-refractivity contribution is 7.99. The summed E-state index contributed by atoms with van der Waals surface area (Å²) in [5, 5.41) is 13.6. The molecule has 134 valence electrons. The van der Waals surface area contributed by atoms with E-state index in [1.54, 1.807) is 4.90 Å². The topological polar surface area (TPSA) is 94.5 Å². The van der Waals surface area contributed by atoms with Crippen molar-refractivity contribution in [3.63, 3.8) is 0 Å². The summed E-state index contributed by atoms with van der Waals surface area (Å²) in [6.45, 7) is 2.33. The molecular weight excluding hydrogens is 340 g/mol. The van der Waals surface area contributed by atoms with Gasteiger partial charge in [-0.25, -0.2) is 4.79 Å². The summed E-state index contributed by atoms with van der Waals surface area (Å²) in [6, 6.07) is 11.5. The molecule has 1 aromatic carbocycles. The third-order valence-electron chi connectivity index (χ3n) is 3.67. The first-order chi connectivity index (χ1) is 12.2. The Bertz CT molecular complexity index is 600. The lowest BCUT2D eigenvalue weighted by atomic mass is 10.2. The lowest BCUT2D eigenvalue weighted by Gasteiger charge is -2.27. The summed E-state index contributed by atoms with van der Waals surface area (Å²) >= 11 is 1.44. The van der Waals surface area contributed by atoms with Crippen molar-refractivity contribution in [2.75, 3.05) is 39.4 Å². The first kappa shape index (κ1) is 19.1. The number of morpholine rings is 1. The average molecular weight is 362 g/mol. The summed E-state index contributed by atoms with van der Waals surface area (Å²) in [6.07, 6.45) is 0. The summed E-state index contributed by atoms with van der Waals surface area (Å²) in [7, 11) is 0. The average Bonchev–Trinajstić information content (AvgIpc) is 2.67. The molecule has 1 aromatic rings. The van der Waals surface area contributed by atoms with Crippen molar-refractivity contribution in [2.45, 2.75) is 11.0 Å². The fourth-order valence-electron chi connectivity index (χ4n) is 2.30. The maximum Gasteiger partial charge on any atom is 0.317 e. The van der Waals surface area contributed by atoms with Crippen molar-refractivity contribution in [1.29, 1.82) is 5.26 Å². The predicted molar refractivity (Wildman–Crippen MR) is 95.9 cm³/mol. The molecule has 1 fully saturated rings. The van der Waals surface area contributed by atoms with Crippen molar-refractivity contribution in [3.05, 3.63) is 35.9 Å². The first-order valence-corrected chi connectivity index (χ1v) is 9.16. The quantitative estimate of drug-likeness (QED) is 0.705. The van der Waals surface area contributed by atoms with E-state index in [9.17, 15) is 9.59 Å². The number of thioether (sulfide) groups is 1. The molecule has 0 aromatic heterocycles. The zero-order chi connectivity index (χ0) is 17.9. The highest BCUT2D eigenvalue weighted by Gasteiger charge is 2.22. The van der Waals surface area contributed by atoms with Gasteiger partial charge in [-0.1, -0.05) is 30.3 Å². The minimum Gasteiger partial charge on any atom is -0.378 e. The number of carbonyl (C=O) groups is 2. The van der Waals surface area contributed by atoms with Crippen LogP contribution in [0.5, 0.6) is 0 Å². The van der Waals surface area contributed by atoms with Crippen molar-refractivity contribution in [1.82, 2.24) is 15.5 Å². The number of nitrogens with one attached hydrogen (secondary N) is 2. The Morgan fingerprint density at radius 1 is 1.24 bits per heavy atom. The second-order valence-corrected chi connectivity index (χ2v) is 6.64. The van der Waals surface area contributed by atoms with Crippen LogP contribution in [0.15, 0.2) is 30.3 Å². The number of rotatable bonds is 7. The van der Waals surface area contributed by atoms with Crippen LogP contribution in [0.3, 0.4) is 0 Å². The number of nitriles is 1. The standard InChI is InChI=1S/C17H22N4O3S/c18-6-7-19-16(22)15(25-13-14-4-2-1-3-5-14)12-20-17(23)21-8-10-24-11-9-21/h1-5,15H,7-13H2,(H,19,22)(H,20,23). The molecule has 1 aliphatic rings. The van der Waals surface area contributed by atoms with Gasteiger partial charge in [0.05, 0.1) is 19.3 Å². The largest absolute Gasteiger partial charge is 0.378 e. The van der Waals surface area contributed by atoms with Crippen LogP contribution in [0.2, 0.25) is 0 Å². The van der Waals surface area contributed by atoms with E-state index >= 15 is 0 Å². The number of hydrogen-bond donors (Lipinski definition) is 2. The van der Waals surface area contributed by atoms with Crippen molar-refractivity contribution < 1.29 is 14.3 Å². The molecule has 2 rings (SSSR count). The number of ether oxygens (including phenoxy) is 1. The van der Waals surface area contributed by atoms with Crippen molar-refractivity contribution >= 4 is 23.7 Å². The molecule has 7 nitrogen and oxygen atoms in total. The fourth-order valence-corrected chi connectivity index (χ4v) is 3.32. The van der Waals surface area contributed by atoms with E-state index in [1.807, 2.05) is 36.4 Å². The van der Waals surface area contributed by atoms with Gasteiger partial charge in [-0.05, 0) is 5.56 Å². The molecule has 0 bridgehead atoms. The first-order valence-electron chi connectivity index (χ1n) is 8.11. The molecule has 1 unspecified atom stereocenters. The molecule has 0 spiro atoms. The van der Waals surface area contributed by atoms with Gasteiger partial charge < -0.3 is 20.3 Å². The van der Waals surface area contributed by atoms with E-state index in [4.69, 9.17) is 10.00 Å². The van der Waals surface area contributed by atoms with Crippen LogP contribution < -0.4 is 10.6 Å². The normalized spacial score (nSPS) is 15.1. The van der Waals surface area contributed by atoms with Crippen LogP contribution in [0, 0.1) is 11.3 Å². The Morgan fingerprint density at radius 3 is 2.64 bits per heavy atom. The molecule has 1 saturated heterocycles. The Kier molecular flexibility index (Phi) is 8.09. The smallest absolute Gasteiger partial charge is 0.317 e. The maximum absolute atomic E-state index is 12.2. The van der Waals surface area contributed by atoms with E-state index in [2.05, 4.69) is 10.6 Å². The molecule has 3 amide bonds. The van der Waals surface area contributed by atoms with Gasteiger partial charge in [-0.2, -0.15) is 5.26 Å². The summed E-state index contributed by atoms with van der Waals surface area (Å²) in [5.74, 6) is 0.406. The van der Waals surface area contributed by atoms with Crippen molar-refractivity contribution in [2.24, 2.45) is 0 Å². The maximum atomic E-state index is 12.2. The minimum atomic E-state index is -0.460. The number of amides is 3. The van der Waals surface area contributed by atoms with Gasteiger partial charge in [0.15, 0.2) is 0 Å². The Morgan fingerprint density at radius 2 is 1.96 bits per heavy atom. The number of urea groups is 1. The Hall–Kier alpha value is -2.24. The zero-order valence-electron chi connectivity index (χ0n) is 13.9. The van der Waals surface area contributed by atoms with E-state index in [1.165, 1.54) is 11.8 Å². The molecule has 2 N–H and O–H groups in total. The van der Waals surface area contributed by atoms with Crippen LogP contribution in [0.4, 0.5) is 4.79 Å². The Labute approximate surface area is 151 Å². The SMILES string of the molecule is N#CCNC(=O)C(CNC(=O)N1CCOCC1)SCc1ccccc1. The number of hydrogen-bond acceptors (Lipinski definition) is 5. The van der Waals surface area contributed by atoms with Gasteiger partial charge >= 0.3 is 6.03 Å². The molecule has 1 atom stereocenters.